The highest BCUT2D eigenvalue weighted by Crippen LogP contribution is 2.37. The molecule has 112 valence electrons. The molecule has 1 saturated heterocycles. The summed E-state index contributed by atoms with van der Waals surface area (Å²) in [6.45, 7) is 0.350. The van der Waals surface area contributed by atoms with E-state index in [4.69, 9.17) is 0 Å². The van der Waals surface area contributed by atoms with E-state index in [2.05, 4.69) is 0 Å². The summed E-state index contributed by atoms with van der Waals surface area (Å²) < 4.78 is 26.4. The molecule has 5 heteroatoms. The second-order valence-corrected chi connectivity index (χ2v) is 5.38. The van der Waals surface area contributed by atoms with Crippen LogP contribution in [0.4, 0.5) is 14.5 Å². The SMILES string of the molecule is N#Cc1cc(F)ccc1N1C[C@H](O)C[C@@H]1c1ccc(F)cc1. The van der Waals surface area contributed by atoms with Gasteiger partial charge in [-0.25, -0.2) is 8.78 Å². The van der Waals surface area contributed by atoms with Crippen molar-refractivity contribution in [2.24, 2.45) is 0 Å². The summed E-state index contributed by atoms with van der Waals surface area (Å²) in [5.41, 5.74) is 1.65. The van der Waals surface area contributed by atoms with Crippen molar-refractivity contribution in [1.82, 2.24) is 0 Å². The summed E-state index contributed by atoms with van der Waals surface area (Å²) in [6.07, 6.45) is -0.0694. The third kappa shape index (κ3) is 2.66. The van der Waals surface area contributed by atoms with Crippen LogP contribution in [0.1, 0.15) is 23.6 Å². The topological polar surface area (TPSA) is 47.3 Å². The molecule has 0 amide bonds. The van der Waals surface area contributed by atoms with Gasteiger partial charge >= 0.3 is 0 Å². The first-order valence-electron chi connectivity index (χ1n) is 6.98. The molecule has 0 spiro atoms. The second-order valence-electron chi connectivity index (χ2n) is 5.38. The van der Waals surface area contributed by atoms with Crippen LogP contribution in [-0.2, 0) is 0 Å². The Kier molecular flexibility index (Phi) is 3.78. The molecule has 0 saturated carbocycles. The van der Waals surface area contributed by atoms with Gasteiger partial charge in [0.2, 0.25) is 0 Å². The first kappa shape index (κ1) is 14.5. The van der Waals surface area contributed by atoms with Crippen molar-refractivity contribution in [2.45, 2.75) is 18.6 Å². The van der Waals surface area contributed by atoms with Gasteiger partial charge in [0.1, 0.15) is 17.7 Å². The third-order valence-electron chi connectivity index (χ3n) is 3.92. The van der Waals surface area contributed by atoms with Gasteiger partial charge in [-0.3, -0.25) is 0 Å². The van der Waals surface area contributed by atoms with E-state index < -0.39 is 11.9 Å². The van der Waals surface area contributed by atoms with Crippen LogP contribution in [-0.4, -0.2) is 17.8 Å². The van der Waals surface area contributed by atoms with Gasteiger partial charge in [0.05, 0.1) is 23.4 Å². The van der Waals surface area contributed by atoms with Gasteiger partial charge < -0.3 is 10.0 Å². The van der Waals surface area contributed by atoms with Gasteiger partial charge in [-0.05, 0) is 42.3 Å². The smallest absolute Gasteiger partial charge is 0.124 e. The zero-order valence-electron chi connectivity index (χ0n) is 11.7. The quantitative estimate of drug-likeness (QED) is 0.927. The fourth-order valence-corrected chi connectivity index (χ4v) is 2.93. The molecule has 22 heavy (non-hydrogen) atoms. The summed E-state index contributed by atoms with van der Waals surface area (Å²) in [4.78, 5) is 1.87. The molecule has 3 rings (SSSR count). The maximum absolute atomic E-state index is 13.3. The number of aliphatic hydroxyl groups is 1. The Morgan fingerprint density at radius 2 is 1.77 bits per heavy atom. The Labute approximate surface area is 127 Å². The monoisotopic (exact) mass is 300 g/mol. The lowest BCUT2D eigenvalue weighted by Crippen LogP contribution is -2.25. The summed E-state index contributed by atoms with van der Waals surface area (Å²) in [5.74, 6) is -0.799. The lowest BCUT2D eigenvalue weighted by Gasteiger charge is -2.27. The number of nitrogens with zero attached hydrogens (tertiary/aromatic N) is 2. The van der Waals surface area contributed by atoms with Crippen molar-refractivity contribution in [3.05, 3.63) is 65.2 Å². The Balaban J connectivity index is 2.01. The molecule has 0 radical (unpaired) electrons. The van der Waals surface area contributed by atoms with E-state index in [1.807, 2.05) is 11.0 Å². The highest BCUT2D eigenvalue weighted by atomic mass is 19.1. The predicted octanol–water partition coefficient (Wildman–Crippen LogP) is 3.15. The van der Waals surface area contributed by atoms with Crippen molar-refractivity contribution in [1.29, 1.82) is 5.26 Å². The largest absolute Gasteiger partial charge is 0.391 e. The maximum Gasteiger partial charge on any atom is 0.124 e. The van der Waals surface area contributed by atoms with Crippen molar-refractivity contribution in [3.63, 3.8) is 0 Å². The number of β-amino-alcohol motifs (C(OH)–C–C–N with tert-alkyl or cyclic N) is 1. The minimum atomic E-state index is -0.549. The number of nitriles is 1. The summed E-state index contributed by atoms with van der Waals surface area (Å²) >= 11 is 0. The first-order chi connectivity index (χ1) is 10.6. The number of benzene rings is 2. The zero-order valence-corrected chi connectivity index (χ0v) is 11.7. The average molecular weight is 300 g/mol. The molecule has 0 unspecified atom stereocenters. The van der Waals surface area contributed by atoms with E-state index in [1.165, 1.54) is 24.3 Å². The fourth-order valence-electron chi connectivity index (χ4n) is 2.93. The van der Waals surface area contributed by atoms with Crippen LogP contribution in [0.2, 0.25) is 0 Å². The molecular weight excluding hydrogens is 286 g/mol. The maximum atomic E-state index is 13.3. The molecule has 0 bridgehead atoms. The van der Waals surface area contributed by atoms with E-state index in [0.717, 1.165) is 5.56 Å². The first-order valence-corrected chi connectivity index (χ1v) is 6.98. The molecular formula is C17H14F2N2O. The zero-order chi connectivity index (χ0) is 15.7. The van der Waals surface area contributed by atoms with Gasteiger partial charge in [-0.1, -0.05) is 12.1 Å². The number of hydrogen-bond donors (Lipinski definition) is 1. The number of hydrogen-bond acceptors (Lipinski definition) is 3. The van der Waals surface area contributed by atoms with Crippen molar-refractivity contribution in [3.8, 4) is 6.07 Å². The Hall–Kier alpha value is -2.45. The van der Waals surface area contributed by atoms with Gasteiger partial charge in [0.25, 0.3) is 0 Å². The Bertz CT molecular complexity index is 724. The third-order valence-corrected chi connectivity index (χ3v) is 3.92. The lowest BCUT2D eigenvalue weighted by molar-refractivity contribution is 0.194. The number of rotatable bonds is 2. The molecule has 1 N–H and O–H groups in total. The standard InChI is InChI=1S/C17H14F2N2O/c18-13-3-1-11(2-4-13)17-8-15(22)10-21(17)16-6-5-14(19)7-12(16)9-20/h1-7,15,17,22H,8,10H2/t15-,17-/m1/s1. The summed E-state index contributed by atoms with van der Waals surface area (Å²) in [6, 6.07) is 11.9. The van der Waals surface area contributed by atoms with E-state index in [1.54, 1.807) is 18.2 Å². The highest BCUT2D eigenvalue weighted by Gasteiger charge is 2.33. The Morgan fingerprint density at radius 1 is 1.09 bits per heavy atom. The highest BCUT2D eigenvalue weighted by molar-refractivity contribution is 5.61. The van der Waals surface area contributed by atoms with Crippen molar-refractivity contribution < 1.29 is 13.9 Å². The van der Waals surface area contributed by atoms with E-state index >= 15 is 0 Å². The van der Waals surface area contributed by atoms with Crippen LogP contribution >= 0.6 is 0 Å². The molecule has 1 aliphatic rings. The van der Waals surface area contributed by atoms with Crippen molar-refractivity contribution in [2.75, 3.05) is 11.4 Å². The predicted molar refractivity (Wildman–Crippen MR) is 78.2 cm³/mol. The number of anilines is 1. The normalized spacial score (nSPS) is 20.9. The molecule has 3 nitrogen and oxygen atoms in total. The molecule has 1 aliphatic heterocycles. The van der Waals surface area contributed by atoms with Crippen LogP contribution in [0.25, 0.3) is 0 Å². The lowest BCUT2D eigenvalue weighted by atomic mass is 10.0. The van der Waals surface area contributed by atoms with Crippen LogP contribution in [0, 0.1) is 23.0 Å². The van der Waals surface area contributed by atoms with Gasteiger partial charge in [-0.2, -0.15) is 5.26 Å². The second kappa shape index (κ2) is 5.74. The summed E-state index contributed by atoms with van der Waals surface area (Å²) in [7, 11) is 0. The van der Waals surface area contributed by atoms with E-state index in [-0.39, 0.29) is 17.4 Å². The molecule has 2 aromatic rings. The molecule has 0 aromatic heterocycles. The average Bonchev–Trinajstić information content (AvgIpc) is 2.89. The van der Waals surface area contributed by atoms with Crippen LogP contribution in [0.3, 0.4) is 0 Å². The summed E-state index contributed by atoms with van der Waals surface area (Å²) in [5, 5.41) is 19.2. The minimum Gasteiger partial charge on any atom is -0.391 e. The molecule has 1 fully saturated rings. The molecule has 1 heterocycles. The van der Waals surface area contributed by atoms with E-state index in [9.17, 15) is 19.1 Å². The van der Waals surface area contributed by atoms with Crippen LogP contribution < -0.4 is 4.90 Å². The van der Waals surface area contributed by atoms with Gasteiger partial charge in [-0.15, -0.1) is 0 Å². The van der Waals surface area contributed by atoms with Gasteiger partial charge in [0.15, 0.2) is 0 Å². The van der Waals surface area contributed by atoms with Crippen LogP contribution in [0.5, 0.6) is 0 Å². The molecule has 2 atom stereocenters. The van der Waals surface area contributed by atoms with Gasteiger partial charge in [0, 0.05) is 6.54 Å². The molecule has 2 aromatic carbocycles. The fraction of sp³-hybridized carbons (Fsp3) is 0.235. The van der Waals surface area contributed by atoms with E-state index in [0.29, 0.717) is 18.7 Å². The van der Waals surface area contributed by atoms with Crippen molar-refractivity contribution >= 4 is 5.69 Å². The number of aliphatic hydroxyl groups excluding tert-OH is 1. The molecule has 0 aliphatic carbocycles. The minimum absolute atomic E-state index is 0.173. The number of halogens is 2. The Morgan fingerprint density at radius 3 is 2.45 bits per heavy atom. The van der Waals surface area contributed by atoms with Crippen LogP contribution in [0.15, 0.2) is 42.5 Å².